The molecule has 13 heavy (non-hydrogen) atoms. The Balaban J connectivity index is 3.85. The zero-order valence-corrected chi connectivity index (χ0v) is 9.80. The molecule has 0 aliphatic heterocycles. The van der Waals surface area contributed by atoms with Crippen molar-refractivity contribution in [1.29, 1.82) is 0 Å². The van der Waals surface area contributed by atoms with Crippen LogP contribution in [0.3, 0.4) is 0 Å². The lowest BCUT2D eigenvalue weighted by Crippen LogP contribution is -2.38. The maximum atomic E-state index is 6.67. The molecule has 0 aliphatic rings. The average Bonchev–Trinajstić information content (AvgIpc) is 2.05. The third-order valence-corrected chi connectivity index (χ3v) is 4.86. The maximum absolute atomic E-state index is 6.67. The second-order valence-electron chi connectivity index (χ2n) is 2.99. The van der Waals surface area contributed by atoms with Gasteiger partial charge in [0.1, 0.15) is 0 Å². The predicted octanol–water partition coefficient (Wildman–Crippen LogP) is 2.44. The van der Waals surface area contributed by atoms with E-state index in [0.29, 0.717) is 19.8 Å². The van der Waals surface area contributed by atoms with Gasteiger partial charge in [0.25, 0.3) is 0 Å². The van der Waals surface area contributed by atoms with Crippen molar-refractivity contribution in [1.82, 2.24) is 0 Å². The van der Waals surface area contributed by atoms with E-state index in [-0.39, 0.29) is 0 Å². The van der Waals surface area contributed by atoms with E-state index in [0.717, 1.165) is 12.5 Å². The van der Waals surface area contributed by atoms with E-state index in [1.165, 1.54) is 0 Å². The Morgan fingerprint density at radius 2 is 1.77 bits per heavy atom. The predicted molar refractivity (Wildman–Crippen MR) is 55.8 cm³/mol. The Morgan fingerprint density at radius 1 is 1.23 bits per heavy atom. The fourth-order valence-corrected chi connectivity index (χ4v) is 3.67. The van der Waals surface area contributed by atoms with Crippen LogP contribution in [0.2, 0.25) is 12.6 Å². The molecule has 3 nitrogen and oxygen atoms in total. The molecule has 0 heterocycles. The summed E-state index contributed by atoms with van der Waals surface area (Å²) < 4.78 is 11.3. The van der Waals surface area contributed by atoms with Crippen LogP contribution in [0.5, 0.6) is 0 Å². The molecule has 0 aromatic heterocycles. The van der Waals surface area contributed by atoms with Gasteiger partial charge in [-0.25, -0.2) is 6.57 Å². The largest absolute Gasteiger partial charge is 0.395 e. The molecule has 0 bridgehead atoms. The summed E-state index contributed by atoms with van der Waals surface area (Å²) in [6.07, 6.45) is 0.895. The van der Waals surface area contributed by atoms with Crippen molar-refractivity contribution in [2.24, 2.45) is 0 Å². The lowest BCUT2D eigenvalue weighted by Gasteiger charge is -2.25. The minimum atomic E-state index is -1.93. The number of nitrogens with zero attached hydrogens (tertiary/aromatic N) is 1. The first-order valence-electron chi connectivity index (χ1n) is 4.79. The van der Waals surface area contributed by atoms with Crippen LogP contribution in [0.1, 0.15) is 20.3 Å². The molecule has 0 unspecified atom stereocenters. The highest BCUT2D eigenvalue weighted by Gasteiger charge is 2.30. The third kappa shape index (κ3) is 5.80. The van der Waals surface area contributed by atoms with E-state index in [1.54, 1.807) is 0 Å². The van der Waals surface area contributed by atoms with Gasteiger partial charge in [0.2, 0.25) is 6.54 Å². The van der Waals surface area contributed by atoms with Gasteiger partial charge in [-0.05, 0) is 26.4 Å². The van der Waals surface area contributed by atoms with Gasteiger partial charge in [0, 0.05) is 19.6 Å². The van der Waals surface area contributed by atoms with Crippen LogP contribution in [-0.4, -0.2) is 28.3 Å². The molecule has 0 spiro atoms. The van der Waals surface area contributed by atoms with Crippen LogP contribution in [0.15, 0.2) is 0 Å². The van der Waals surface area contributed by atoms with Gasteiger partial charge in [-0.3, -0.25) is 0 Å². The number of hydrogen-bond acceptors (Lipinski definition) is 2. The molecule has 0 saturated carbocycles. The van der Waals surface area contributed by atoms with Crippen LogP contribution < -0.4 is 0 Å². The normalized spacial score (nSPS) is 11.2. The summed E-state index contributed by atoms with van der Waals surface area (Å²) in [5, 5.41) is 0. The van der Waals surface area contributed by atoms with Crippen molar-refractivity contribution in [2.45, 2.75) is 32.9 Å². The zero-order valence-electron chi connectivity index (χ0n) is 8.80. The van der Waals surface area contributed by atoms with E-state index < -0.39 is 8.56 Å². The minimum Gasteiger partial charge on any atom is -0.395 e. The minimum absolute atomic E-state index is 0.586. The molecule has 0 saturated heterocycles. The van der Waals surface area contributed by atoms with Crippen LogP contribution in [0.4, 0.5) is 0 Å². The molecule has 0 aromatic rings. The molecule has 0 rings (SSSR count). The first-order valence-corrected chi connectivity index (χ1v) is 7.32. The summed E-state index contributed by atoms with van der Waals surface area (Å²) in [7, 11) is -1.93. The van der Waals surface area contributed by atoms with E-state index in [2.05, 4.69) is 11.4 Å². The Bertz CT molecular complexity index is 161. The van der Waals surface area contributed by atoms with E-state index in [1.807, 2.05) is 13.8 Å². The molecule has 0 atom stereocenters. The van der Waals surface area contributed by atoms with Gasteiger partial charge in [0.15, 0.2) is 0 Å². The molecule has 4 heteroatoms. The Kier molecular flexibility index (Phi) is 6.87. The van der Waals surface area contributed by atoms with Crippen molar-refractivity contribution in [2.75, 3.05) is 19.8 Å². The highest BCUT2D eigenvalue weighted by atomic mass is 28.4. The maximum Gasteiger partial charge on any atom is 0.335 e. The molecule has 0 N–H and O–H groups in total. The highest BCUT2D eigenvalue weighted by molar-refractivity contribution is 6.66. The van der Waals surface area contributed by atoms with Gasteiger partial charge in [0.05, 0.1) is 0 Å². The van der Waals surface area contributed by atoms with Crippen LogP contribution in [0.25, 0.3) is 4.85 Å². The molecule has 0 radical (unpaired) electrons. The third-order valence-electron chi connectivity index (χ3n) is 1.80. The summed E-state index contributed by atoms with van der Waals surface area (Å²) in [5.74, 6) is 0. The second-order valence-corrected chi connectivity index (χ2v) is 6.33. The molecule has 0 aromatic carbocycles. The quantitative estimate of drug-likeness (QED) is 0.359. The first-order chi connectivity index (χ1) is 6.18. The lowest BCUT2D eigenvalue weighted by molar-refractivity contribution is 0.188. The van der Waals surface area contributed by atoms with Crippen molar-refractivity contribution in [3.05, 3.63) is 11.4 Å². The summed E-state index contributed by atoms with van der Waals surface area (Å²) >= 11 is 0. The van der Waals surface area contributed by atoms with Crippen LogP contribution in [0, 0.1) is 6.57 Å². The fourth-order valence-electron chi connectivity index (χ4n) is 1.28. The summed E-state index contributed by atoms with van der Waals surface area (Å²) in [4.78, 5) is 3.32. The highest BCUT2D eigenvalue weighted by Crippen LogP contribution is 2.15. The molecule has 0 amide bonds. The number of hydrogen-bond donors (Lipinski definition) is 0. The molecule has 76 valence electrons. The first kappa shape index (κ1) is 12.6. The van der Waals surface area contributed by atoms with Gasteiger partial charge in [-0.2, -0.15) is 0 Å². The second kappa shape index (κ2) is 7.07. The Hall–Kier alpha value is -0.373. The topological polar surface area (TPSA) is 22.8 Å². The van der Waals surface area contributed by atoms with Gasteiger partial charge in [-0.1, -0.05) is 0 Å². The molecule has 0 fully saturated rings. The SMILES string of the molecule is [C-]#[N+]CCC[Si](C)(OCC)OCC. The molecular formula is C9H19NO2Si. The van der Waals surface area contributed by atoms with Crippen LogP contribution in [-0.2, 0) is 8.85 Å². The van der Waals surface area contributed by atoms with E-state index in [9.17, 15) is 0 Å². The molecule has 0 aliphatic carbocycles. The van der Waals surface area contributed by atoms with Gasteiger partial charge >= 0.3 is 8.56 Å². The molecular weight excluding hydrogens is 182 g/mol. The summed E-state index contributed by atoms with van der Waals surface area (Å²) in [5.41, 5.74) is 0. The van der Waals surface area contributed by atoms with Crippen molar-refractivity contribution < 1.29 is 8.85 Å². The van der Waals surface area contributed by atoms with E-state index in [4.69, 9.17) is 15.4 Å². The summed E-state index contributed by atoms with van der Waals surface area (Å²) in [6.45, 7) is 14.7. The van der Waals surface area contributed by atoms with E-state index >= 15 is 0 Å². The Labute approximate surface area is 82.1 Å². The summed E-state index contributed by atoms with van der Waals surface area (Å²) in [6, 6.07) is 0.928. The smallest absolute Gasteiger partial charge is 0.335 e. The fraction of sp³-hybridized carbons (Fsp3) is 0.889. The van der Waals surface area contributed by atoms with Crippen molar-refractivity contribution in [3.63, 3.8) is 0 Å². The zero-order chi connectivity index (χ0) is 10.2. The monoisotopic (exact) mass is 201 g/mol. The van der Waals surface area contributed by atoms with Crippen molar-refractivity contribution in [3.8, 4) is 0 Å². The lowest BCUT2D eigenvalue weighted by atomic mass is 10.5. The van der Waals surface area contributed by atoms with Gasteiger partial charge in [-0.15, -0.1) is 0 Å². The van der Waals surface area contributed by atoms with Gasteiger partial charge < -0.3 is 13.7 Å². The Morgan fingerprint density at radius 3 is 2.15 bits per heavy atom. The van der Waals surface area contributed by atoms with Crippen LogP contribution >= 0.6 is 0 Å². The van der Waals surface area contributed by atoms with Crippen molar-refractivity contribution >= 4 is 8.56 Å². The number of rotatable bonds is 7. The average molecular weight is 201 g/mol. The standard InChI is InChI=1S/C9H19NO2Si/c1-5-11-13(4,12-6-2)9-7-8-10-3/h5-9H2,1-2,4H3.